The van der Waals surface area contributed by atoms with Gasteiger partial charge in [0.25, 0.3) is 0 Å². The Bertz CT molecular complexity index is 1100. The molecule has 2 fully saturated rings. The van der Waals surface area contributed by atoms with Gasteiger partial charge in [-0.1, -0.05) is 32.3 Å². The molecule has 0 bridgehead atoms. The van der Waals surface area contributed by atoms with Crippen LogP contribution in [0.4, 0.5) is 26.2 Å². The minimum absolute atomic E-state index is 0.0413. The van der Waals surface area contributed by atoms with E-state index < -0.39 is 0 Å². The third-order valence-corrected chi connectivity index (χ3v) is 7.99. The monoisotopic (exact) mass is 523 g/mol. The Kier molecular flexibility index (Phi) is 9.61. The summed E-state index contributed by atoms with van der Waals surface area (Å²) in [4.78, 5) is 32.4. The molecule has 1 saturated carbocycles. The number of benzene rings is 2. The fourth-order valence-corrected chi connectivity index (χ4v) is 5.67. The lowest BCUT2D eigenvalue weighted by atomic mass is 9.93. The van der Waals surface area contributed by atoms with Crippen LogP contribution in [0, 0.1) is 5.82 Å². The van der Waals surface area contributed by atoms with Gasteiger partial charge in [0.15, 0.2) is 0 Å². The molecule has 0 aromatic heterocycles. The first-order chi connectivity index (χ1) is 18.3. The Hall–Kier alpha value is -3.13. The second-order valence-corrected chi connectivity index (χ2v) is 10.8. The van der Waals surface area contributed by atoms with Crippen LogP contribution in [0.25, 0.3) is 0 Å². The maximum Gasteiger partial charge on any atom is 0.322 e. The van der Waals surface area contributed by atoms with E-state index in [0.717, 1.165) is 68.6 Å². The van der Waals surface area contributed by atoms with Crippen LogP contribution in [-0.2, 0) is 11.3 Å². The molecule has 1 aliphatic heterocycles. The van der Waals surface area contributed by atoms with E-state index in [4.69, 9.17) is 0 Å². The van der Waals surface area contributed by atoms with Gasteiger partial charge in [0.2, 0.25) is 5.91 Å². The topological polar surface area (TPSA) is 67.9 Å². The molecule has 206 valence electrons. The van der Waals surface area contributed by atoms with E-state index in [9.17, 15) is 14.0 Å². The molecule has 2 aromatic carbocycles. The van der Waals surface area contributed by atoms with Gasteiger partial charge in [-0.15, -0.1) is 0 Å². The van der Waals surface area contributed by atoms with E-state index >= 15 is 0 Å². The smallest absolute Gasteiger partial charge is 0.322 e. The largest absolute Gasteiger partial charge is 0.371 e. The summed E-state index contributed by atoms with van der Waals surface area (Å²) in [5.41, 5.74) is 3.26. The van der Waals surface area contributed by atoms with E-state index in [1.807, 2.05) is 24.0 Å². The molecule has 0 unspecified atom stereocenters. The van der Waals surface area contributed by atoms with E-state index in [-0.39, 0.29) is 23.8 Å². The molecule has 1 aliphatic carbocycles. The van der Waals surface area contributed by atoms with Crippen molar-refractivity contribution in [3.8, 4) is 0 Å². The van der Waals surface area contributed by atoms with E-state index in [2.05, 4.69) is 40.6 Å². The normalized spacial score (nSPS) is 17.2. The van der Waals surface area contributed by atoms with Gasteiger partial charge >= 0.3 is 6.03 Å². The van der Waals surface area contributed by atoms with Crippen LogP contribution in [0.5, 0.6) is 0 Å². The van der Waals surface area contributed by atoms with Crippen molar-refractivity contribution in [2.45, 2.75) is 76.9 Å². The standard InChI is InChI=1S/C30H42FN5O2/c1-4-29(37)32-25-13-14-28(35(3)26-15-17-34(2)18-16-26)22(19-25)21-36(27-11-6-5-7-12-27)30(38)33-24-10-8-9-23(31)20-24/h8-10,13-14,19-20,26-27H,4-7,11-12,15-18,21H2,1-3H3,(H,32,37)(H,33,38). The number of hydrogen-bond acceptors (Lipinski definition) is 4. The number of anilines is 3. The highest BCUT2D eigenvalue weighted by molar-refractivity contribution is 5.91. The summed E-state index contributed by atoms with van der Waals surface area (Å²) in [6.07, 6.45) is 7.80. The summed E-state index contributed by atoms with van der Waals surface area (Å²) < 4.78 is 13.8. The highest BCUT2D eigenvalue weighted by Crippen LogP contribution is 2.32. The first-order valence-corrected chi connectivity index (χ1v) is 14.0. The van der Waals surface area contributed by atoms with Crippen LogP contribution in [-0.4, -0.2) is 61.0 Å². The van der Waals surface area contributed by atoms with Crippen LogP contribution in [0.3, 0.4) is 0 Å². The maximum absolute atomic E-state index is 13.8. The minimum atomic E-state index is -0.381. The zero-order chi connectivity index (χ0) is 27.1. The molecule has 3 amide bonds. The van der Waals surface area contributed by atoms with Crippen molar-refractivity contribution in [3.63, 3.8) is 0 Å². The van der Waals surface area contributed by atoms with Crippen molar-refractivity contribution in [2.24, 2.45) is 0 Å². The molecule has 0 atom stereocenters. The third kappa shape index (κ3) is 7.25. The van der Waals surface area contributed by atoms with Crippen molar-refractivity contribution in [1.82, 2.24) is 9.80 Å². The lowest BCUT2D eigenvalue weighted by molar-refractivity contribution is -0.115. The van der Waals surface area contributed by atoms with Crippen LogP contribution >= 0.6 is 0 Å². The zero-order valence-corrected chi connectivity index (χ0v) is 23.0. The minimum Gasteiger partial charge on any atom is -0.371 e. The number of halogens is 1. The van der Waals surface area contributed by atoms with Crippen molar-refractivity contribution in [1.29, 1.82) is 0 Å². The molecule has 1 saturated heterocycles. The quantitative estimate of drug-likeness (QED) is 0.441. The summed E-state index contributed by atoms with van der Waals surface area (Å²) in [5, 5.41) is 5.92. The Balaban J connectivity index is 1.65. The van der Waals surface area contributed by atoms with Gasteiger partial charge in [-0.25, -0.2) is 9.18 Å². The summed E-state index contributed by atoms with van der Waals surface area (Å²) in [6.45, 7) is 4.35. The molecule has 0 radical (unpaired) electrons. The van der Waals surface area contributed by atoms with E-state index in [1.165, 1.54) is 18.6 Å². The Morgan fingerprint density at radius 1 is 0.947 bits per heavy atom. The van der Waals surface area contributed by atoms with Gasteiger partial charge < -0.3 is 25.3 Å². The molecule has 1 heterocycles. The number of carbonyl (C=O) groups is 2. The predicted octanol–water partition coefficient (Wildman–Crippen LogP) is 6.07. The van der Waals surface area contributed by atoms with Crippen molar-refractivity contribution < 1.29 is 14.0 Å². The van der Waals surface area contributed by atoms with Crippen LogP contribution < -0.4 is 15.5 Å². The lowest BCUT2D eigenvalue weighted by Crippen LogP contribution is -2.44. The summed E-state index contributed by atoms with van der Waals surface area (Å²) >= 11 is 0. The highest BCUT2D eigenvalue weighted by atomic mass is 19.1. The SMILES string of the molecule is CCC(=O)Nc1ccc(N(C)C2CCN(C)CC2)c(CN(C(=O)Nc2cccc(F)c2)C2CCCCC2)c1. The molecule has 8 heteroatoms. The lowest BCUT2D eigenvalue weighted by Gasteiger charge is -2.39. The number of hydrogen-bond donors (Lipinski definition) is 2. The molecule has 38 heavy (non-hydrogen) atoms. The van der Waals surface area contributed by atoms with Crippen LogP contribution in [0.15, 0.2) is 42.5 Å². The van der Waals surface area contributed by atoms with Gasteiger partial charge in [-0.05, 0) is 87.8 Å². The number of carbonyl (C=O) groups excluding carboxylic acids is 2. The molecule has 7 nitrogen and oxygen atoms in total. The number of nitrogens with zero attached hydrogens (tertiary/aromatic N) is 3. The van der Waals surface area contributed by atoms with Crippen molar-refractivity contribution in [3.05, 3.63) is 53.8 Å². The predicted molar refractivity (Wildman–Crippen MR) is 152 cm³/mol. The van der Waals surface area contributed by atoms with Crippen molar-refractivity contribution >= 4 is 29.0 Å². The highest BCUT2D eigenvalue weighted by Gasteiger charge is 2.28. The summed E-state index contributed by atoms with van der Waals surface area (Å²) in [7, 11) is 4.29. The molecule has 4 rings (SSSR count). The summed E-state index contributed by atoms with van der Waals surface area (Å²) in [5.74, 6) is -0.422. The number of nitrogens with one attached hydrogen (secondary N) is 2. The second kappa shape index (κ2) is 13.1. The molecular weight excluding hydrogens is 481 g/mol. The second-order valence-electron chi connectivity index (χ2n) is 10.8. The molecule has 2 aliphatic rings. The Morgan fingerprint density at radius 3 is 2.34 bits per heavy atom. The first kappa shape index (κ1) is 27.9. The van der Waals surface area contributed by atoms with Crippen LogP contribution in [0.1, 0.15) is 63.9 Å². The summed E-state index contributed by atoms with van der Waals surface area (Å²) in [6, 6.07) is 12.4. The number of piperidine rings is 1. The third-order valence-electron chi connectivity index (χ3n) is 7.99. The Morgan fingerprint density at radius 2 is 1.66 bits per heavy atom. The van der Waals surface area contributed by atoms with E-state index in [0.29, 0.717) is 24.7 Å². The molecule has 0 spiro atoms. The average molecular weight is 524 g/mol. The van der Waals surface area contributed by atoms with Gasteiger partial charge in [-0.2, -0.15) is 0 Å². The van der Waals surface area contributed by atoms with Crippen LogP contribution in [0.2, 0.25) is 0 Å². The van der Waals surface area contributed by atoms with Gasteiger partial charge in [0, 0.05) is 49.2 Å². The number of likely N-dealkylation sites (tertiary alicyclic amines) is 1. The molecular formula is C30H42FN5O2. The fraction of sp³-hybridized carbons (Fsp3) is 0.533. The van der Waals surface area contributed by atoms with Crippen molar-refractivity contribution in [2.75, 3.05) is 42.7 Å². The number of urea groups is 1. The maximum atomic E-state index is 13.8. The van der Waals surface area contributed by atoms with Gasteiger partial charge in [0.1, 0.15) is 5.82 Å². The molecule has 2 aromatic rings. The zero-order valence-electron chi connectivity index (χ0n) is 23.0. The van der Waals surface area contributed by atoms with Gasteiger partial charge in [-0.3, -0.25) is 4.79 Å². The first-order valence-electron chi connectivity index (χ1n) is 14.0. The molecule has 2 N–H and O–H groups in total. The number of rotatable bonds is 8. The van der Waals surface area contributed by atoms with E-state index in [1.54, 1.807) is 12.1 Å². The number of amides is 3. The Labute approximate surface area is 226 Å². The fourth-order valence-electron chi connectivity index (χ4n) is 5.67. The van der Waals surface area contributed by atoms with Gasteiger partial charge in [0.05, 0.1) is 0 Å². The average Bonchev–Trinajstić information content (AvgIpc) is 2.92.